The van der Waals surface area contributed by atoms with E-state index in [1.165, 1.54) is 15.6 Å². The number of ether oxygens (including phenoxy) is 1. The van der Waals surface area contributed by atoms with E-state index in [-0.39, 0.29) is 10.8 Å². The van der Waals surface area contributed by atoms with Gasteiger partial charge in [-0.05, 0) is 63.1 Å². The highest BCUT2D eigenvalue weighted by atomic mass is 32.2. The number of aryl methyl sites for hydroxylation is 2. The van der Waals surface area contributed by atoms with Crippen LogP contribution in [0.25, 0.3) is 11.3 Å². The van der Waals surface area contributed by atoms with Crippen LogP contribution in [0.15, 0.2) is 53.4 Å². The molecule has 0 aliphatic carbocycles. The van der Waals surface area contributed by atoms with Gasteiger partial charge in [0, 0.05) is 17.0 Å². The summed E-state index contributed by atoms with van der Waals surface area (Å²) in [4.78, 5) is 18.8. The lowest BCUT2D eigenvalue weighted by atomic mass is 10.1. The van der Waals surface area contributed by atoms with Crippen molar-refractivity contribution in [2.45, 2.75) is 37.6 Å². The molecule has 9 heteroatoms. The van der Waals surface area contributed by atoms with Crippen LogP contribution in [0.2, 0.25) is 0 Å². The zero-order valence-corrected chi connectivity index (χ0v) is 19.8. The van der Waals surface area contributed by atoms with E-state index in [2.05, 4.69) is 10.3 Å². The van der Waals surface area contributed by atoms with Gasteiger partial charge in [-0.25, -0.2) is 13.4 Å². The number of nitrogens with one attached hydrogen (secondary N) is 1. The molecule has 1 saturated heterocycles. The minimum atomic E-state index is -3.75. The molecule has 0 saturated carbocycles. The first-order valence-electron chi connectivity index (χ1n) is 10.3. The van der Waals surface area contributed by atoms with Gasteiger partial charge in [0.15, 0.2) is 5.13 Å². The number of anilines is 1. The largest absolute Gasteiger partial charge is 0.497 e. The second-order valence-corrected chi connectivity index (χ2v) is 10.8. The monoisotopic (exact) mass is 471 g/mol. The summed E-state index contributed by atoms with van der Waals surface area (Å²) < 4.78 is 32.8. The Kier molecular flexibility index (Phi) is 6.32. The molecular weight excluding hydrogens is 446 g/mol. The number of sulfonamides is 1. The Morgan fingerprint density at radius 3 is 2.47 bits per heavy atom. The van der Waals surface area contributed by atoms with Gasteiger partial charge in [-0.3, -0.25) is 4.79 Å². The average molecular weight is 472 g/mol. The minimum Gasteiger partial charge on any atom is -0.497 e. The van der Waals surface area contributed by atoms with Gasteiger partial charge in [0.2, 0.25) is 15.9 Å². The summed E-state index contributed by atoms with van der Waals surface area (Å²) in [6.07, 6.45) is 1.11. The third kappa shape index (κ3) is 4.41. The molecule has 1 unspecified atom stereocenters. The van der Waals surface area contributed by atoms with Gasteiger partial charge in [-0.15, -0.1) is 11.3 Å². The predicted octanol–water partition coefficient (Wildman–Crippen LogP) is 4.23. The molecule has 1 fully saturated rings. The fourth-order valence-electron chi connectivity index (χ4n) is 3.79. The Balaban J connectivity index is 1.52. The van der Waals surface area contributed by atoms with E-state index in [4.69, 9.17) is 4.74 Å². The normalized spacial score (nSPS) is 16.8. The van der Waals surface area contributed by atoms with Crippen LogP contribution in [-0.4, -0.2) is 43.3 Å². The van der Waals surface area contributed by atoms with Crippen LogP contribution in [0.4, 0.5) is 5.13 Å². The Morgan fingerprint density at radius 1 is 1.12 bits per heavy atom. The number of rotatable bonds is 6. The van der Waals surface area contributed by atoms with Crippen molar-refractivity contribution in [2.75, 3.05) is 19.0 Å². The van der Waals surface area contributed by atoms with Gasteiger partial charge in [0.05, 0.1) is 17.7 Å². The molecule has 0 bridgehead atoms. The van der Waals surface area contributed by atoms with Gasteiger partial charge >= 0.3 is 0 Å². The predicted molar refractivity (Wildman–Crippen MR) is 126 cm³/mol. The summed E-state index contributed by atoms with van der Waals surface area (Å²) in [6.45, 7) is 4.16. The molecule has 32 heavy (non-hydrogen) atoms. The molecule has 2 aromatic carbocycles. The summed E-state index contributed by atoms with van der Waals surface area (Å²) in [6, 6.07) is 13.5. The number of hydrogen-bond donors (Lipinski definition) is 1. The van der Waals surface area contributed by atoms with Crippen LogP contribution in [-0.2, 0) is 14.8 Å². The molecule has 1 atom stereocenters. The van der Waals surface area contributed by atoms with Gasteiger partial charge < -0.3 is 10.1 Å². The molecule has 1 aromatic heterocycles. The lowest BCUT2D eigenvalue weighted by molar-refractivity contribution is -0.119. The Hall–Kier alpha value is -2.75. The van der Waals surface area contributed by atoms with Crippen molar-refractivity contribution in [1.29, 1.82) is 0 Å². The van der Waals surface area contributed by atoms with Crippen molar-refractivity contribution in [3.8, 4) is 17.0 Å². The number of amides is 1. The first-order chi connectivity index (χ1) is 15.3. The van der Waals surface area contributed by atoms with E-state index in [9.17, 15) is 13.2 Å². The lowest BCUT2D eigenvalue weighted by Crippen LogP contribution is -2.43. The summed E-state index contributed by atoms with van der Waals surface area (Å²) in [5.74, 6) is 0.402. The zero-order chi connectivity index (χ0) is 22.9. The van der Waals surface area contributed by atoms with Gasteiger partial charge in [-0.1, -0.05) is 17.7 Å². The number of carbonyl (C=O) groups is 1. The highest BCUT2D eigenvalue weighted by Crippen LogP contribution is 2.32. The van der Waals surface area contributed by atoms with Crippen LogP contribution >= 0.6 is 11.3 Å². The van der Waals surface area contributed by atoms with E-state index in [0.717, 1.165) is 27.4 Å². The maximum Gasteiger partial charge on any atom is 0.244 e. The second kappa shape index (κ2) is 9.01. The molecule has 0 radical (unpaired) electrons. The van der Waals surface area contributed by atoms with E-state index in [1.807, 2.05) is 38.1 Å². The van der Waals surface area contributed by atoms with Gasteiger partial charge in [0.1, 0.15) is 11.8 Å². The van der Waals surface area contributed by atoms with Crippen molar-refractivity contribution < 1.29 is 17.9 Å². The first-order valence-corrected chi connectivity index (χ1v) is 12.6. The third-order valence-electron chi connectivity index (χ3n) is 5.52. The fourth-order valence-corrected chi connectivity index (χ4v) is 6.29. The Morgan fingerprint density at radius 2 is 1.81 bits per heavy atom. The van der Waals surface area contributed by atoms with Crippen molar-refractivity contribution >= 4 is 32.4 Å². The number of methoxy groups -OCH3 is 1. The quantitative estimate of drug-likeness (QED) is 0.581. The van der Waals surface area contributed by atoms with Gasteiger partial charge in [0.25, 0.3) is 0 Å². The summed E-state index contributed by atoms with van der Waals surface area (Å²) >= 11 is 1.37. The average Bonchev–Trinajstić information content (AvgIpc) is 3.41. The standard InChI is InChI=1S/C23H25N3O4S2/c1-15-6-12-19(13-7-15)32(28,29)26-14-4-5-20(26)22(27)25-23-24-21(16(2)31-23)17-8-10-18(30-3)11-9-17/h6-13,20H,4-5,14H2,1-3H3,(H,24,25,27). The van der Waals surface area contributed by atoms with Crippen LogP contribution < -0.4 is 10.1 Å². The van der Waals surface area contributed by atoms with Crippen LogP contribution in [0.3, 0.4) is 0 Å². The number of benzene rings is 2. The molecule has 168 valence electrons. The van der Waals surface area contributed by atoms with E-state index < -0.39 is 16.1 Å². The molecule has 3 aromatic rings. The van der Waals surface area contributed by atoms with E-state index in [1.54, 1.807) is 31.4 Å². The van der Waals surface area contributed by atoms with Crippen molar-refractivity contribution in [2.24, 2.45) is 0 Å². The summed E-state index contributed by atoms with van der Waals surface area (Å²) in [5, 5.41) is 3.29. The highest BCUT2D eigenvalue weighted by molar-refractivity contribution is 7.89. The van der Waals surface area contributed by atoms with Crippen molar-refractivity contribution in [1.82, 2.24) is 9.29 Å². The molecule has 7 nitrogen and oxygen atoms in total. The molecule has 1 aliphatic rings. The molecule has 4 rings (SSSR count). The second-order valence-electron chi connectivity index (χ2n) is 7.73. The Bertz CT molecular complexity index is 1220. The van der Waals surface area contributed by atoms with Crippen LogP contribution in [0.1, 0.15) is 23.3 Å². The van der Waals surface area contributed by atoms with Gasteiger partial charge in [-0.2, -0.15) is 4.31 Å². The molecule has 0 spiro atoms. The summed E-state index contributed by atoms with van der Waals surface area (Å²) in [5.41, 5.74) is 2.68. The minimum absolute atomic E-state index is 0.203. The topological polar surface area (TPSA) is 88.6 Å². The summed E-state index contributed by atoms with van der Waals surface area (Å²) in [7, 11) is -2.14. The maximum absolute atomic E-state index is 13.1. The maximum atomic E-state index is 13.1. The van der Waals surface area contributed by atoms with E-state index in [0.29, 0.717) is 24.5 Å². The zero-order valence-electron chi connectivity index (χ0n) is 18.2. The lowest BCUT2D eigenvalue weighted by Gasteiger charge is -2.23. The number of hydrogen-bond acceptors (Lipinski definition) is 6. The molecular formula is C23H25N3O4S2. The first kappa shape index (κ1) is 22.4. The molecule has 2 heterocycles. The van der Waals surface area contributed by atoms with Crippen LogP contribution in [0.5, 0.6) is 5.75 Å². The molecule has 1 aliphatic heterocycles. The fraction of sp³-hybridized carbons (Fsp3) is 0.304. The van der Waals surface area contributed by atoms with Crippen molar-refractivity contribution in [3.05, 3.63) is 59.0 Å². The van der Waals surface area contributed by atoms with E-state index >= 15 is 0 Å². The number of carbonyl (C=O) groups excluding carboxylic acids is 1. The number of aromatic nitrogens is 1. The number of nitrogens with zero attached hydrogens (tertiary/aromatic N) is 2. The van der Waals surface area contributed by atoms with Crippen LogP contribution in [0, 0.1) is 13.8 Å². The number of thiazole rings is 1. The Labute approximate surface area is 192 Å². The van der Waals surface area contributed by atoms with Crippen molar-refractivity contribution in [3.63, 3.8) is 0 Å². The molecule has 1 amide bonds. The smallest absolute Gasteiger partial charge is 0.244 e. The highest BCUT2D eigenvalue weighted by Gasteiger charge is 2.39. The SMILES string of the molecule is COc1ccc(-c2nc(NC(=O)C3CCCN3S(=O)(=O)c3ccc(C)cc3)sc2C)cc1. The molecule has 1 N–H and O–H groups in total. The third-order valence-corrected chi connectivity index (χ3v) is 8.33.